The highest BCUT2D eigenvalue weighted by atomic mass is 19.1. The summed E-state index contributed by atoms with van der Waals surface area (Å²) in [6.07, 6.45) is 4.92. The van der Waals surface area contributed by atoms with Crippen LogP contribution in [-0.2, 0) is 0 Å². The van der Waals surface area contributed by atoms with Gasteiger partial charge < -0.3 is 9.73 Å². The zero-order valence-corrected chi connectivity index (χ0v) is 13.4. The van der Waals surface area contributed by atoms with Crippen molar-refractivity contribution in [2.75, 3.05) is 13.1 Å². The topological polar surface area (TPSA) is 71.3 Å². The number of aromatic nitrogens is 2. The van der Waals surface area contributed by atoms with E-state index in [1.807, 2.05) is 0 Å². The zero-order chi connectivity index (χ0) is 16.7. The molecule has 126 valence electrons. The number of halogens is 1. The van der Waals surface area contributed by atoms with E-state index in [1.54, 1.807) is 12.1 Å². The molecule has 3 aliphatic heterocycles. The van der Waals surface area contributed by atoms with Gasteiger partial charge in [-0.15, -0.1) is 0 Å². The van der Waals surface area contributed by atoms with Gasteiger partial charge in [0.1, 0.15) is 0 Å². The molecular formula is C17H19FN4O2. The van der Waals surface area contributed by atoms with Crippen LogP contribution in [0.15, 0.2) is 28.9 Å². The van der Waals surface area contributed by atoms with Crippen LogP contribution < -0.4 is 5.32 Å². The van der Waals surface area contributed by atoms with E-state index in [9.17, 15) is 9.18 Å². The molecule has 0 spiro atoms. The first-order chi connectivity index (χ1) is 11.6. The number of nitrogens with one attached hydrogen (secondary N) is 1. The van der Waals surface area contributed by atoms with Crippen LogP contribution in [0.1, 0.15) is 30.5 Å². The van der Waals surface area contributed by atoms with Gasteiger partial charge in [-0.1, -0.05) is 0 Å². The Kier molecular flexibility index (Phi) is 3.80. The summed E-state index contributed by atoms with van der Waals surface area (Å²) in [4.78, 5) is 22.4. The molecule has 1 N–H and O–H groups in total. The van der Waals surface area contributed by atoms with Gasteiger partial charge in [0, 0.05) is 18.3 Å². The summed E-state index contributed by atoms with van der Waals surface area (Å²) in [6.45, 7) is 4.34. The third-order valence-corrected chi connectivity index (χ3v) is 5.20. The van der Waals surface area contributed by atoms with Crippen LogP contribution in [0.2, 0.25) is 0 Å². The monoisotopic (exact) mass is 330 g/mol. The fourth-order valence-electron chi connectivity index (χ4n) is 3.83. The van der Waals surface area contributed by atoms with Gasteiger partial charge in [0.25, 0.3) is 5.89 Å². The molecule has 5 rings (SSSR count). The number of carbonyl (C=O) groups excluding carboxylic acids is 1. The first-order valence-electron chi connectivity index (χ1n) is 8.25. The molecule has 2 unspecified atom stereocenters. The van der Waals surface area contributed by atoms with Crippen LogP contribution in [0.25, 0.3) is 11.3 Å². The van der Waals surface area contributed by atoms with E-state index in [-0.39, 0.29) is 29.2 Å². The van der Waals surface area contributed by atoms with Crippen LogP contribution in [0.3, 0.4) is 0 Å². The number of fused-ring (bicyclic) bond motifs is 3. The summed E-state index contributed by atoms with van der Waals surface area (Å²) < 4.78 is 19.2. The minimum atomic E-state index is -0.647. The van der Waals surface area contributed by atoms with Gasteiger partial charge in [-0.2, -0.15) is 4.39 Å². The lowest BCUT2D eigenvalue weighted by Gasteiger charge is -2.49. The summed E-state index contributed by atoms with van der Waals surface area (Å²) in [5, 5.41) is 3.05. The van der Waals surface area contributed by atoms with Crippen molar-refractivity contribution >= 4 is 5.91 Å². The van der Waals surface area contributed by atoms with Crippen molar-refractivity contribution in [3.05, 3.63) is 36.4 Å². The predicted molar refractivity (Wildman–Crippen MR) is 84.7 cm³/mol. The molecule has 3 aliphatic rings. The molecule has 2 aromatic rings. The maximum absolute atomic E-state index is 13.7. The third kappa shape index (κ3) is 2.58. The quantitative estimate of drug-likeness (QED) is 0.873. The molecule has 2 atom stereocenters. The van der Waals surface area contributed by atoms with E-state index in [0.717, 1.165) is 25.9 Å². The molecule has 3 saturated heterocycles. The van der Waals surface area contributed by atoms with Crippen molar-refractivity contribution < 1.29 is 13.6 Å². The van der Waals surface area contributed by atoms with Gasteiger partial charge in [-0.05, 0) is 50.9 Å². The molecule has 1 amide bonds. The van der Waals surface area contributed by atoms with E-state index in [2.05, 4.69) is 27.1 Å². The Bertz CT molecular complexity index is 753. The number of carbonyl (C=O) groups is 1. The van der Waals surface area contributed by atoms with E-state index >= 15 is 0 Å². The van der Waals surface area contributed by atoms with E-state index in [0.29, 0.717) is 12.0 Å². The maximum atomic E-state index is 13.7. The summed E-state index contributed by atoms with van der Waals surface area (Å²) in [5.74, 6) is -0.341. The average Bonchev–Trinajstić information content (AvgIpc) is 3.09. The predicted octanol–water partition coefficient (Wildman–Crippen LogP) is 2.09. The molecule has 0 aliphatic carbocycles. The number of rotatable bonds is 3. The summed E-state index contributed by atoms with van der Waals surface area (Å²) in [5.41, 5.74) is 0.195. The van der Waals surface area contributed by atoms with Gasteiger partial charge in [0.05, 0.1) is 11.8 Å². The summed E-state index contributed by atoms with van der Waals surface area (Å²) >= 11 is 0. The maximum Gasteiger partial charge on any atom is 0.307 e. The lowest BCUT2D eigenvalue weighted by Crippen LogP contribution is -2.62. The van der Waals surface area contributed by atoms with Gasteiger partial charge in [-0.25, -0.2) is 9.97 Å². The van der Waals surface area contributed by atoms with Crippen molar-refractivity contribution in [3.63, 3.8) is 0 Å². The minimum absolute atomic E-state index is 0.0445. The third-order valence-electron chi connectivity index (χ3n) is 5.20. The Morgan fingerprint density at radius 1 is 1.38 bits per heavy atom. The Balaban J connectivity index is 1.51. The van der Waals surface area contributed by atoms with Crippen LogP contribution in [0, 0.1) is 11.9 Å². The molecule has 6 nitrogen and oxygen atoms in total. The first-order valence-corrected chi connectivity index (χ1v) is 8.25. The fourth-order valence-corrected chi connectivity index (χ4v) is 3.83. The normalized spacial score (nSPS) is 28.8. The Hall–Kier alpha value is -2.28. The van der Waals surface area contributed by atoms with E-state index in [1.165, 1.54) is 12.4 Å². The van der Waals surface area contributed by atoms with E-state index in [4.69, 9.17) is 4.42 Å². The second-order valence-electron chi connectivity index (χ2n) is 6.48. The average molecular weight is 330 g/mol. The first kappa shape index (κ1) is 15.3. The van der Waals surface area contributed by atoms with Gasteiger partial charge in [-0.3, -0.25) is 9.69 Å². The highest BCUT2D eigenvalue weighted by molar-refractivity contribution is 5.90. The molecule has 24 heavy (non-hydrogen) atoms. The zero-order valence-electron chi connectivity index (χ0n) is 13.4. The van der Waals surface area contributed by atoms with Gasteiger partial charge in [0.15, 0.2) is 5.76 Å². The lowest BCUT2D eigenvalue weighted by atomic mass is 9.79. The molecule has 2 aromatic heterocycles. The molecule has 5 heterocycles. The van der Waals surface area contributed by atoms with Crippen LogP contribution in [0.4, 0.5) is 4.39 Å². The minimum Gasteiger partial charge on any atom is -0.432 e. The van der Waals surface area contributed by atoms with Crippen molar-refractivity contribution in [2.24, 2.45) is 5.92 Å². The Morgan fingerprint density at radius 2 is 2.17 bits per heavy atom. The standard InChI is InChI=1S/C17H19FN4O2/c1-10-14(11-4-7-22(10)8-5-11)21-16(23)17-20-9-13(24-17)12-3-2-6-19-15(12)18/h2-3,6,9-11,14H,4-5,7-8H2,1H3,(H,21,23). The number of pyridine rings is 1. The second-order valence-corrected chi connectivity index (χ2v) is 6.48. The number of piperidine rings is 3. The van der Waals surface area contributed by atoms with Gasteiger partial charge >= 0.3 is 5.91 Å². The van der Waals surface area contributed by atoms with Crippen molar-refractivity contribution in [2.45, 2.75) is 31.8 Å². The Morgan fingerprint density at radius 3 is 2.88 bits per heavy atom. The highest BCUT2D eigenvalue weighted by Crippen LogP contribution is 2.32. The van der Waals surface area contributed by atoms with Crippen molar-refractivity contribution in [1.29, 1.82) is 0 Å². The number of amides is 1. The Labute approximate surface area is 139 Å². The molecule has 7 heteroatoms. The summed E-state index contributed by atoms with van der Waals surface area (Å²) in [7, 11) is 0. The number of oxazole rings is 1. The fraction of sp³-hybridized carbons (Fsp3) is 0.471. The lowest BCUT2D eigenvalue weighted by molar-refractivity contribution is 0.0210. The second kappa shape index (κ2) is 5.98. The van der Waals surface area contributed by atoms with Crippen LogP contribution in [-0.4, -0.2) is 45.9 Å². The number of hydrogen-bond donors (Lipinski definition) is 1. The molecule has 0 saturated carbocycles. The van der Waals surface area contributed by atoms with E-state index < -0.39 is 5.95 Å². The largest absolute Gasteiger partial charge is 0.432 e. The van der Waals surface area contributed by atoms with Crippen LogP contribution >= 0.6 is 0 Å². The smallest absolute Gasteiger partial charge is 0.307 e. The molecule has 0 radical (unpaired) electrons. The number of nitrogens with zero attached hydrogens (tertiary/aromatic N) is 3. The van der Waals surface area contributed by atoms with Crippen molar-refractivity contribution in [1.82, 2.24) is 20.2 Å². The molecular weight excluding hydrogens is 311 g/mol. The molecule has 0 aromatic carbocycles. The molecule has 3 fully saturated rings. The number of hydrogen-bond acceptors (Lipinski definition) is 5. The van der Waals surface area contributed by atoms with Crippen LogP contribution in [0.5, 0.6) is 0 Å². The summed E-state index contributed by atoms with van der Waals surface area (Å²) in [6, 6.07) is 3.56. The van der Waals surface area contributed by atoms with Crippen molar-refractivity contribution in [3.8, 4) is 11.3 Å². The highest BCUT2D eigenvalue weighted by Gasteiger charge is 2.40. The van der Waals surface area contributed by atoms with Gasteiger partial charge in [0.2, 0.25) is 5.95 Å². The SMILES string of the molecule is CC1C(NC(=O)c2ncc(-c3cccnc3F)o2)C2CCN1CC2. The molecule has 2 bridgehead atoms.